The number of nitrogens with two attached hydrogens (primary N) is 2. The van der Waals surface area contributed by atoms with E-state index in [2.05, 4.69) is 22.9 Å². The van der Waals surface area contributed by atoms with Gasteiger partial charge in [0.25, 0.3) is 5.91 Å². The molecule has 0 radical (unpaired) electrons. The average molecular weight is 741 g/mol. The molecule has 1 aliphatic rings. The van der Waals surface area contributed by atoms with E-state index in [0.717, 1.165) is 24.8 Å². The first-order valence-electron chi connectivity index (χ1n) is 20.4. The Balaban J connectivity index is 1.85. The van der Waals surface area contributed by atoms with Crippen LogP contribution in [0.25, 0.3) is 0 Å². The van der Waals surface area contributed by atoms with E-state index in [1.165, 1.54) is 76.0 Å². The zero-order chi connectivity index (χ0) is 38.8. The molecule has 1 aliphatic heterocycles. The Morgan fingerprint density at radius 2 is 1.36 bits per heavy atom. The van der Waals surface area contributed by atoms with Crippen LogP contribution < -0.4 is 27.4 Å². The summed E-state index contributed by atoms with van der Waals surface area (Å²) in [5.74, 6) is -3.71. The van der Waals surface area contributed by atoms with Gasteiger partial charge in [0, 0.05) is 13.0 Å². The van der Waals surface area contributed by atoms with Crippen LogP contribution in [0.1, 0.15) is 148 Å². The first-order chi connectivity index (χ1) is 25.6. The number of likely N-dealkylation sites (tertiary alicyclic amines) is 1. The Bertz CT molecular complexity index is 1260. The van der Waals surface area contributed by atoms with Crippen molar-refractivity contribution >= 4 is 35.3 Å². The van der Waals surface area contributed by atoms with Gasteiger partial charge in [0.15, 0.2) is 0 Å². The molecule has 0 aliphatic carbocycles. The molecule has 298 valence electrons. The van der Waals surface area contributed by atoms with Crippen LogP contribution in [0.4, 0.5) is 0 Å². The summed E-state index contributed by atoms with van der Waals surface area (Å²) in [7, 11) is 0. The van der Waals surface area contributed by atoms with Crippen molar-refractivity contribution in [2.24, 2.45) is 11.5 Å². The van der Waals surface area contributed by atoms with Crippen molar-refractivity contribution in [2.75, 3.05) is 13.1 Å². The van der Waals surface area contributed by atoms with E-state index in [1.807, 2.05) is 30.3 Å². The Labute approximate surface area is 317 Å². The van der Waals surface area contributed by atoms with Crippen molar-refractivity contribution in [3.63, 3.8) is 0 Å². The molecule has 0 bridgehead atoms. The minimum Gasteiger partial charge on any atom is -0.363 e. The number of aryl methyl sites for hydroxylation is 1. The molecule has 0 aromatic heterocycles. The van der Waals surface area contributed by atoms with Crippen molar-refractivity contribution in [1.29, 1.82) is 0 Å². The van der Waals surface area contributed by atoms with Gasteiger partial charge in [-0.2, -0.15) is 0 Å². The zero-order valence-electron chi connectivity index (χ0n) is 32.5. The fraction of sp³-hybridized carbons (Fsp3) is 0.707. The molecule has 1 heterocycles. The number of carbonyl (C=O) groups is 6. The van der Waals surface area contributed by atoms with Gasteiger partial charge < -0.3 is 32.3 Å². The average Bonchev–Trinajstić information content (AvgIpc) is 3.65. The topological polar surface area (TPSA) is 194 Å². The van der Waals surface area contributed by atoms with Crippen molar-refractivity contribution in [1.82, 2.24) is 20.9 Å². The van der Waals surface area contributed by atoms with Crippen molar-refractivity contribution in [2.45, 2.75) is 173 Å². The molecule has 1 aromatic rings. The number of Topliss-reactive ketones (excluding diaryl/α,β-unsaturated/α-hetero) is 1. The van der Waals surface area contributed by atoms with Gasteiger partial charge in [-0.15, -0.1) is 0 Å². The molecule has 0 unspecified atom stereocenters. The maximum absolute atomic E-state index is 13.8. The number of rotatable bonds is 29. The van der Waals surface area contributed by atoms with E-state index in [9.17, 15) is 28.8 Å². The highest BCUT2D eigenvalue weighted by Gasteiger charge is 2.38. The standard InChI is InChI=1S/C41H68N6O6/c1-3-4-5-6-7-8-9-10-11-12-13-14-18-26-36(48)45-34(24-19-20-29-42)41(53)47-30-21-25-35(47)40(52)44-31(2)39(51)46-33(37(49)38(43)50)28-27-32-22-16-15-17-23-32/h15-17,22-23,31,33-35H,3-14,18-21,24-30,42H2,1-2H3,(H2,43,50)(H,44,52)(H,45,48)(H,46,51)/t31-,33-,34-,35-/m0/s1. The lowest BCUT2D eigenvalue weighted by Gasteiger charge is -2.29. The number of amides is 5. The van der Waals surface area contributed by atoms with Crippen LogP contribution in [0.15, 0.2) is 30.3 Å². The third kappa shape index (κ3) is 18.2. The van der Waals surface area contributed by atoms with Crippen LogP contribution in [0.3, 0.4) is 0 Å². The van der Waals surface area contributed by atoms with Gasteiger partial charge in [-0.05, 0) is 70.4 Å². The molecule has 2 rings (SSSR count). The summed E-state index contributed by atoms with van der Waals surface area (Å²) in [6.45, 7) is 4.55. The summed E-state index contributed by atoms with van der Waals surface area (Å²) in [5.41, 5.74) is 11.9. The molecular formula is C41H68N6O6. The normalized spacial score (nSPS) is 15.7. The van der Waals surface area contributed by atoms with E-state index in [0.29, 0.717) is 58.0 Å². The van der Waals surface area contributed by atoms with E-state index >= 15 is 0 Å². The van der Waals surface area contributed by atoms with Crippen LogP contribution >= 0.6 is 0 Å². The van der Waals surface area contributed by atoms with E-state index in [-0.39, 0.29) is 18.2 Å². The monoisotopic (exact) mass is 741 g/mol. The second kappa shape index (κ2) is 26.9. The maximum Gasteiger partial charge on any atom is 0.287 e. The van der Waals surface area contributed by atoms with Crippen LogP contribution in [-0.4, -0.2) is 77.5 Å². The smallest absolute Gasteiger partial charge is 0.287 e. The molecule has 53 heavy (non-hydrogen) atoms. The molecular weight excluding hydrogens is 672 g/mol. The highest BCUT2D eigenvalue weighted by atomic mass is 16.2. The number of hydrogen-bond donors (Lipinski definition) is 5. The van der Waals surface area contributed by atoms with Crippen LogP contribution in [0.2, 0.25) is 0 Å². The van der Waals surface area contributed by atoms with Gasteiger partial charge >= 0.3 is 0 Å². The van der Waals surface area contributed by atoms with E-state index in [1.54, 1.807) is 0 Å². The van der Waals surface area contributed by atoms with Crippen molar-refractivity contribution in [3.8, 4) is 0 Å². The lowest BCUT2D eigenvalue weighted by atomic mass is 10.0. The fourth-order valence-corrected chi connectivity index (χ4v) is 6.89. The van der Waals surface area contributed by atoms with Crippen molar-refractivity contribution in [3.05, 3.63) is 35.9 Å². The summed E-state index contributed by atoms with van der Waals surface area (Å²) >= 11 is 0. The quantitative estimate of drug-likeness (QED) is 0.0578. The van der Waals surface area contributed by atoms with Gasteiger partial charge in [0.2, 0.25) is 29.4 Å². The number of carbonyl (C=O) groups excluding carboxylic acids is 6. The molecule has 0 saturated carbocycles. The van der Waals surface area contributed by atoms with Crippen LogP contribution in [0.5, 0.6) is 0 Å². The number of primary amides is 1. The minimum atomic E-state index is -1.15. The highest BCUT2D eigenvalue weighted by molar-refractivity contribution is 6.37. The number of benzene rings is 1. The first-order valence-corrected chi connectivity index (χ1v) is 20.4. The number of nitrogens with one attached hydrogen (secondary N) is 3. The Hall–Kier alpha value is -3.80. The molecule has 4 atom stereocenters. The van der Waals surface area contributed by atoms with Crippen molar-refractivity contribution < 1.29 is 28.8 Å². The minimum absolute atomic E-state index is 0.152. The summed E-state index contributed by atoms with van der Waals surface area (Å²) in [6, 6.07) is 5.53. The van der Waals surface area contributed by atoms with E-state index < -0.39 is 47.7 Å². The Kier molecular flexibility index (Phi) is 23.0. The first kappa shape index (κ1) is 45.4. The predicted octanol–water partition coefficient (Wildman–Crippen LogP) is 4.75. The fourth-order valence-electron chi connectivity index (χ4n) is 6.89. The lowest BCUT2D eigenvalue weighted by molar-refractivity contribution is -0.142. The predicted molar refractivity (Wildman–Crippen MR) is 208 cm³/mol. The Morgan fingerprint density at radius 3 is 1.94 bits per heavy atom. The second-order valence-electron chi connectivity index (χ2n) is 14.6. The van der Waals surface area contributed by atoms with Crippen LogP contribution in [-0.2, 0) is 35.2 Å². The maximum atomic E-state index is 13.8. The summed E-state index contributed by atoms with van der Waals surface area (Å²) in [5, 5.41) is 8.19. The molecule has 0 spiro atoms. The SMILES string of the molecule is CCCCCCCCCCCCCCCC(=O)N[C@@H](CCCCN)C(=O)N1CCC[C@H]1C(=O)N[C@@H](C)C(=O)N[C@@H](CCc1ccccc1)C(=O)C(N)=O. The third-order valence-electron chi connectivity index (χ3n) is 10.1. The molecule has 1 fully saturated rings. The van der Waals surface area contributed by atoms with Crippen LogP contribution in [0, 0.1) is 0 Å². The number of unbranched alkanes of at least 4 members (excludes halogenated alkanes) is 13. The third-order valence-corrected chi connectivity index (χ3v) is 10.1. The molecule has 5 amide bonds. The Morgan fingerprint density at radius 1 is 0.755 bits per heavy atom. The lowest BCUT2D eigenvalue weighted by Crippen LogP contribution is -2.57. The molecule has 1 saturated heterocycles. The molecule has 12 heteroatoms. The number of ketones is 1. The zero-order valence-corrected chi connectivity index (χ0v) is 32.5. The molecule has 1 aromatic carbocycles. The number of hydrogen-bond acceptors (Lipinski definition) is 7. The summed E-state index contributed by atoms with van der Waals surface area (Å²) in [4.78, 5) is 79.0. The van der Waals surface area contributed by atoms with Gasteiger partial charge in [-0.1, -0.05) is 114 Å². The molecule has 7 N–H and O–H groups in total. The van der Waals surface area contributed by atoms with Gasteiger partial charge in [0.05, 0.1) is 6.04 Å². The van der Waals surface area contributed by atoms with Gasteiger partial charge in [0.1, 0.15) is 18.1 Å². The summed E-state index contributed by atoms with van der Waals surface area (Å²) < 4.78 is 0. The second-order valence-corrected chi connectivity index (χ2v) is 14.6. The number of nitrogens with zero attached hydrogens (tertiary/aromatic N) is 1. The van der Waals surface area contributed by atoms with Gasteiger partial charge in [-0.25, -0.2) is 0 Å². The van der Waals surface area contributed by atoms with E-state index in [4.69, 9.17) is 11.5 Å². The highest BCUT2D eigenvalue weighted by Crippen LogP contribution is 2.21. The molecule has 12 nitrogen and oxygen atoms in total. The largest absolute Gasteiger partial charge is 0.363 e. The van der Waals surface area contributed by atoms with Gasteiger partial charge in [-0.3, -0.25) is 28.8 Å². The summed E-state index contributed by atoms with van der Waals surface area (Å²) in [6.07, 6.45) is 19.5.